The molecule has 1 N–H and O–H groups in total. The van der Waals surface area contributed by atoms with Crippen molar-refractivity contribution < 1.29 is 14.6 Å². The lowest BCUT2D eigenvalue weighted by Crippen LogP contribution is -2.09. The molecule has 4 rings (SSSR count). The lowest BCUT2D eigenvalue weighted by molar-refractivity contribution is -0.139. The van der Waals surface area contributed by atoms with Crippen molar-refractivity contribution in [2.45, 2.75) is 6.92 Å². The van der Waals surface area contributed by atoms with Gasteiger partial charge in [0.2, 0.25) is 0 Å². The van der Waals surface area contributed by atoms with Crippen molar-refractivity contribution in [3.63, 3.8) is 0 Å². The Morgan fingerprint density at radius 3 is 2.43 bits per heavy atom. The van der Waals surface area contributed by atoms with Crippen LogP contribution in [0.3, 0.4) is 0 Å². The molecule has 140 valence electrons. The summed E-state index contributed by atoms with van der Waals surface area (Å²) in [7, 11) is 2.03. The van der Waals surface area contributed by atoms with Crippen molar-refractivity contribution in [1.29, 1.82) is 0 Å². The first-order chi connectivity index (χ1) is 13.5. The minimum atomic E-state index is -1.000. The van der Waals surface area contributed by atoms with Crippen molar-refractivity contribution in [3.8, 4) is 28.4 Å². The van der Waals surface area contributed by atoms with Gasteiger partial charge in [-0.05, 0) is 48.7 Å². The summed E-state index contributed by atoms with van der Waals surface area (Å²) in [4.78, 5) is 15.7. The van der Waals surface area contributed by atoms with E-state index >= 15 is 0 Å². The molecule has 0 atom stereocenters. The number of fused-ring (bicyclic) bond motifs is 1. The van der Waals surface area contributed by atoms with Crippen molar-refractivity contribution in [2.24, 2.45) is 7.05 Å². The highest BCUT2D eigenvalue weighted by Gasteiger charge is 2.12. The average molecular weight is 372 g/mol. The number of carbonyl (C=O) groups is 1. The van der Waals surface area contributed by atoms with Gasteiger partial charge in [0.05, 0.1) is 17.1 Å². The molecule has 0 aliphatic heterocycles. The minimum absolute atomic E-state index is 0.371. The van der Waals surface area contributed by atoms with Crippen LogP contribution in [0.25, 0.3) is 33.4 Å². The zero-order valence-electron chi connectivity index (χ0n) is 15.7. The molecule has 0 bridgehead atoms. The van der Waals surface area contributed by atoms with Crippen molar-refractivity contribution in [1.82, 2.24) is 9.55 Å². The standard InChI is InChI=1S/C23H20N2O3/c1-15-10-12-21(25(15)2)20-9-5-8-19(24-20)17-11-13-22(28-14-23(26)27)18-7-4-3-6-16(17)18/h3-13H,14H2,1-2H3,(H,26,27). The van der Waals surface area contributed by atoms with Gasteiger partial charge in [0.1, 0.15) is 5.75 Å². The van der Waals surface area contributed by atoms with Crippen molar-refractivity contribution >= 4 is 16.7 Å². The second kappa shape index (κ2) is 7.19. The van der Waals surface area contributed by atoms with E-state index in [1.165, 1.54) is 5.69 Å². The van der Waals surface area contributed by atoms with Crippen LogP contribution in [0.1, 0.15) is 5.69 Å². The van der Waals surface area contributed by atoms with E-state index in [1.807, 2.05) is 61.6 Å². The first-order valence-electron chi connectivity index (χ1n) is 9.01. The number of aryl methyl sites for hydroxylation is 1. The minimum Gasteiger partial charge on any atom is -0.481 e. The van der Waals surface area contributed by atoms with E-state index in [0.29, 0.717) is 5.75 Å². The Labute approximate surface area is 162 Å². The topological polar surface area (TPSA) is 64.3 Å². The molecule has 0 saturated heterocycles. The fourth-order valence-corrected chi connectivity index (χ4v) is 3.36. The van der Waals surface area contributed by atoms with Gasteiger partial charge in [-0.15, -0.1) is 0 Å². The van der Waals surface area contributed by atoms with E-state index < -0.39 is 5.97 Å². The average Bonchev–Trinajstić information content (AvgIpc) is 3.04. The molecule has 5 nitrogen and oxygen atoms in total. The molecule has 0 spiro atoms. The fourth-order valence-electron chi connectivity index (χ4n) is 3.36. The Balaban J connectivity index is 1.82. The van der Waals surface area contributed by atoms with Gasteiger partial charge in [-0.25, -0.2) is 9.78 Å². The third-order valence-electron chi connectivity index (χ3n) is 4.90. The molecule has 0 amide bonds. The SMILES string of the molecule is Cc1ccc(-c2cccc(-c3ccc(OCC(=O)O)c4ccccc34)n2)n1C. The molecule has 0 fully saturated rings. The Morgan fingerprint density at radius 2 is 1.71 bits per heavy atom. The third kappa shape index (κ3) is 3.22. The number of ether oxygens (including phenoxy) is 1. The number of pyridine rings is 1. The fraction of sp³-hybridized carbons (Fsp3) is 0.130. The largest absolute Gasteiger partial charge is 0.481 e. The summed E-state index contributed by atoms with van der Waals surface area (Å²) in [5, 5.41) is 10.7. The normalized spacial score (nSPS) is 10.9. The first-order valence-corrected chi connectivity index (χ1v) is 9.01. The molecular weight excluding hydrogens is 352 g/mol. The number of aromatic nitrogens is 2. The number of rotatable bonds is 5. The van der Waals surface area contributed by atoms with Crippen molar-refractivity contribution in [3.05, 3.63) is 72.4 Å². The van der Waals surface area contributed by atoms with Gasteiger partial charge in [0.25, 0.3) is 0 Å². The maximum atomic E-state index is 10.9. The van der Waals surface area contributed by atoms with E-state index in [0.717, 1.165) is 33.4 Å². The molecule has 4 aromatic rings. The highest BCUT2D eigenvalue weighted by molar-refractivity contribution is 5.99. The van der Waals surface area contributed by atoms with Crippen LogP contribution in [0.5, 0.6) is 5.75 Å². The van der Waals surface area contributed by atoms with Crippen LogP contribution in [0.4, 0.5) is 0 Å². The Kier molecular flexibility index (Phi) is 4.57. The molecule has 2 aromatic carbocycles. The Bertz CT molecular complexity index is 1180. The van der Waals surface area contributed by atoms with Crippen LogP contribution < -0.4 is 4.74 Å². The van der Waals surface area contributed by atoms with E-state index in [9.17, 15) is 4.79 Å². The lowest BCUT2D eigenvalue weighted by Gasteiger charge is -2.12. The number of benzene rings is 2. The zero-order valence-corrected chi connectivity index (χ0v) is 15.7. The van der Waals surface area contributed by atoms with E-state index in [4.69, 9.17) is 14.8 Å². The number of nitrogens with zero attached hydrogens (tertiary/aromatic N) is 2. The highest BCUT2D eigenvalue weighted by Crippen LogP contribution is 2.34. The molecule has 0 radical (unpaired) electrons. The van der Waals surface area contributed by atoms with Gasteiger partial charge in [-0.1, -0.05) is 30.3 Å². The molecule has 0 aliphatic carbocycles. The first kappa shape index (κ1) is 17.8. The molecule has 0 saturated carbocycles. The number of hydrogen-bond donors (Lipinski definition) is 1. The third-order valence-corrected chi connectivity index (χ3v) is 4.90. The monoisotopic (exact) mass is 372 g/mol. The van der Waals surface area contributed by atoms with Crippen LogP contribution in [-0.4, -0.2) is 27.2 Å². The number of carboxylic acid groups (broad SMARTS) is 1. The predicted octanol–water partition coefficient (Wildman–Crippen LogP) is 4.68. The second-order valence-electron chi connectivity index (χ2n) is 6.67. The maximum absolute atomic E-state index is 10.9. The quantitative estimate of drug-likeness (QED) is 0.552. The van der Waals surface area contributed by atoms with E-state index in [2.05, 4.69) is 23.6 Å². The van der Waals surface area contributed by atoms with Gasteiger partial charge in [-0.3, -0.25) is 0 Å². The molecular formula is C23H20N2O3. The van der Waals surface area contributed by atoms with E-state index in [-0.39, 0.29) is 6.61 Å². The van der Waals surface area contributed by atoms with Gasteiger partial charge >= 0.3 is 5.97 Å². The van der Waals surface area contributed by atoms with Gasteiger partial charge in [0.15, 0.2) is 6.61 Å². The number of hydrogen-bond acceptors (Lipinski definition) is 3. The van der Waals surface area contributed by atoms with Crippen LogP contribution in [0, 0.1) is 6.92 Å². The summed E-state index contributed by atoms with van der Waals surface area (Å²) in [5.74, 6) is -0.448. The maximum Gasteiger partial charge on any atom is 0.341 e. The van der Waals surface area contributed by atoms with Gasteiger partial charge in [0, 0.05) is 23.7 Å². The predicted molar refractivity (Wildman–Crippen MR) is 109 cm³/mol. The number of aliphatic carboxylic acids is 1. The van der Waals surface area contributed by atoms with Gasteiger partial charge in [-0.2, -0.15) is 0 Å². The number of carboxylic acids is 1. The van der Waals surface area contributed by atoms with Crippen LogP contribution in [-0.2, 0) is 11.8 Å². The van der Waals surface area contributed by atoms with Gasteiger partial charge < -0.3 is 14.4 Å². The molecule has 2 heterocycles. The second-order valence-corrected chi connectivity index (χ2v) is 6.67. The Morgan fingerprint density at radius 1 is 0.964 bits per heavy atom. The zero-order chi connectivity index (χ0) is 19.7. The molecule has 28 heavy (non-hydrogen) atoms. The summed E-state index contributed by atoms with van der Waals surface area (Å²) in [5.41, 5.74) is 4.98. The molecule has 5 heteroatoms. The molecule has 2 aromatic heterocycles. The summed E-state index contributed by atoms with van der Waals surface area (Å²) in [6, 6.07) is 21.7. The summed E-state index contributed by atoms with van der Waals surface area (Å²) >= 11 is 0. The van der Waals surface area contributed by atoms with Crippen LogP contribution in [0.15, 0.2) is 66.7 Å². The highest BCUT2D eigenvalue weighted by atomic mass is 16.5. The summed E-state index contributed by atoms with van der Waals surface area (Å²) in [6.07, 6.45) is 0. The lowest BCUT2D eigenvalue weighted by atomic mass is 10.0. The molecule has 0 aliphatic rings. The van der Waals surface area contributed by atoms with Crippen molar-refractivity contribution in [2.75, 3.05) is 6.61 Å². The Hall–Kier alpha value is -3.60. The van der Waals surface area contributed by atoms with E-state index in [1.54, 1.807) is 0 Å². The summed E-state index contributed by atoms with van der Waals surface area (Å²) < 4.78 is 7.58. The summed E-state index contributed by atoms with van der Waals surface area (Å²) in [6.45, 7) is 1.70. The van der Waals surface area contributed by atoms with Crippen LogP contribution in [0.2, 0.25) is 0 Å². The molecule has 0 unspecified atom stereocenters. The van der Waals surface area contributed by atoms with Crippen LogP contribution >= 0.6 is 0 Å². The smallest absolute Gasteiger partial charge is 0.341 e.